The third-order valence-electron chi connectivity index (χ3n) is 0. The Labute approximate surface area is 84.6 Å². The van der Waals surface area contributed by atoms with Crippen LogP contribution in [0.4, 0.5) is 0 Å². The fourth-order valence-electron chi connectivity index (χ4n) is 0. The van der Waals surface area contributed by atoms with Crippen molar-refractivity contribution >= 4 is 18.3 Å². The molecule has 0 unspecified atom stereocenters. The second kappa shape index (κ2) is 343. The predicted molar refractivity (Wildman–Crippen MR) is 48.1 cm³/mol. The third kappa shape index (κ3) is 3040. The first-order valence-electron chi connectivity index (χ1n) is 2.70. The molecular formula is C7H16ClNW. The van der Waals surface area contributed by atoms with Crippen molar-refractivity contribution in [3.8, 4) is 0 Å². The van der Waals surface area contributed by atoms with Crippen molar-refractivity contribution < 1.29 is 21.1 Å². The molecule has 0 aliphatic rings. The number of hydrogen-bond acceptors (Lipinski definition) is 0. The fraction of sp³-hybridized carbons (Fsp3) is 0.571. The van der Waals surface area contributed by atoms with Gasteiger partial charge in [0, 0.05) is 5.88 Å². The molecule has 0 aromatic heterocycles. The summed E-state index contributed by atoms with van der Waals surface area (Å²) in [6.07, 6.45) is 0. The number of halogens is 1. The molecule has 0 aliphatic carbocycles. The Hall–Kier alpha value is 0.388. The largest absolute Gasteiger partial charge is 2.00 e. The van der Waals surface area contributed by atoms with Crippen LogP contribution in [0.2, 0.25) is 0 Å². The molecule has 0 heterocycles. The van der Waals surface area contributed by atoms with E-state index < -0.39 is 0 Å². The molecule has 0 saturated heterocycles. The van der Waals surface area contributed by atoms with Gasteiger partial charge in [-0.15, -0.1) is 11.6 Å². The fourth-order valence-corrected chi connectivity index (χ4v) is 0. The topological polar surface area (TPSA) is 22.3 Å². The number of nitrogens with zero attached hydrogens (tertiary/aromatic N) is 1. The second-order valence-corrected chi connectivity index (χ2v) is 0.802. The van der Waals surface area contributed by atoms with E-state index in [1.54, 1.807) is 0 Å². The summed E-state index contributed by atoms with van der Waals surface area (Å²) in [5.41, 5.74) is 0. The molecule has 0 fully saturated rings. The van der Waals surface area contributed by atoms with Gasteiger partial charge in [0.25, 0.3) is 0 Å². The summed E-state index contributed by atoms with van der Waals surface area (Å²) < 4.78 is 0. The van der Waals surface area contributed by atoms with Crippen LogP contribution in [0.15, 0.2) is 6.58 Å². The Bertz CT molecular complexity index is 21.1. The van der Waals surface area contributed by atoms with Crippen LogP contribution in [-0.4, -0.2) is 12.6 Å². The molecule has 0 bridgehead atoms. The Balaban J connectivity index is -0.0000000110. The molecule has 0 saturated carbocycles. The molecule has 0 N–H and O–H groups in total. The van der Waals surface area contributed by atoms with Gasteiger partial charge in [-0.25, -0.2) is 6.72 Å². The first-order chi connectivity index (χ1) is 4.41. The van der Waals surface area contributed by atoms with Gasteiger partial charge in [0.05, 0.1) is 0 Å². The van der Waals surface area contributed by atoms with Crippen LogP contribution in [-0.2, 0) is 21.1 Å². The van der Waals surface area contributed by atoms with Gasteiger partial charge in [-0.2, -0.15) is 0 Å². The van der Waals surface area contributed by atoms with Crippen molar-refractivity contribution in [3.05, 3.63) is 18.6 Å². The molecule has 0 radical (unpaired) electrons. The summed E-state index contributed by atoms with van der Waals surface area (Å²) >= 11 is 5.00. The molecule has 0 aromatic carbocycles. The van der Waals surface area contributed by atoms with Crippen LogP contribution in [0.25, 0.3) is 5.41 Å². The van der Waals surface area contributed by atoms with E-state index in [1.807, 2.05) is 20.8 Å². The van der Waals surface area contributed by atoms with Gasteiger partial charge < -0.3 is 12.0 Å². The molecule has 0 atom stereocenters. The summed E-state index contributed by atoms with van der Waals surface area (Å²) in [5.74, 6) is 0.722. The Morgan fingerprint density at radius 2 is 1.30 bits per heavy atom. The van der Waals surface area contributed by atoms with Gasteiger partial charge in [0.1, 0.15) is 0 Å². The molecule has 0 rings (SSSR count). The van der Waals surface area contributed by atoms with Gasteiger partial charge in [-0.05, 0) is 0 Å². The summed E-state index contributed by atoms with van der Waals surface area (Å²) in [4.78, 5) is 0. The number of rotatable bonds is 0. The maximum atomic E-state index is 6.75. The van der Waals surface area contributed by atoms with Gasteiger partial charge in [-0.3, -0.25) is 6.58 Å². The smallest absolute Gasteiger partial charge is 0.817 e. The maximum Gasteiger partial charge on any atom is 2.00 e. The molecule has 62 valence electrons. The molecule has 1 nitrogen and oxygen atoms in total. The average Bonchev–Trinajstić information content (AvgIpc) is 2.01. The Morgan fingerprint density at radius 3 is 1.30 bits per heavy atom. The van der Waals surface area contributed by atoms with Crippen LogP contribution in [0, 0.1) is 6.58 Å². The molecule has 0 amide bonds. The normalized spacial score (nSPS) is 3.20. The van der Waals surface area contributed by atoms with E-state index in [9.17, 15) is 0 Å². The molecule has 3 heteroatoms. The van der Waals surface area contributed by atoms with Crippen LogP contribution in [0.1, 0.15) is 20.8 Å². The minimum Gasteiger partial charge on any atom is -0.817 e. The molecule has 0 spiro atoms. The first-order valence-corrected chi connectivity index (χ1v) is 3.23. The Kier molecular flexibility index (Phi) is 1080. The zero-order valence-electron chi connectivity index (χ0n) is 6.93. The van der Waals surface area contributed by atoms with Crippen LogP contribution in [0.5, 0.6) is 0 Å². The molecule has 10 heavy (non-hydrogen) atoms. The zero-order chi connectivity index (χ0) is 8.71. The monoisotopic (exact) mass is 333 g/mol. The Morgan fingerprint density at radius 1 is 1.30 bits per heavy atom. The van der Waals surface area contributed by atoms with Gasteiger partial charge in [0.2, 0.25) is 0 Å². The molecular weight excluding hydrogens is 317 g/mol. The SMILES string of the molecule is C=[N-].CC.CCCl.[CH-]=C.[W+2]. The molecule has 0 aliphatic heterocycles. The van der Waals surface area contributed by atoms with Crippen molar-refractivity contribution in [2.24, 2.45) is 0 Å². The van der Waals surface area contributed by atoms with Gasteiger partial charge in [-0.1, -0.05) is 20.8 Å². The van der Waals surface area contributed by atoms with Crippen LogP contribution in [0.3, 0.4) is 0 Å². The van der Waals surface area contributed by atoms with Crippen LogP contribution >= 0.6 is 11.6 Å². The van der Waals surface area contributed by atoms with Gasteiger partial charge in [0.15, 0.2) is 0 Å². The number of hydrogen-bond donors (Lipinski definition) is 0. The zero-order valence-corrected chi connectivity index (χ0v) is 10.6. The second-order valence-electron chi connectivity index (χ2n) is 0.267. The summed E-state index contributed by atoms with van der Waals surface area (Å²) in [7, 11) is 0. The van der Waals surface area contributed by atoms with E-state index in [0.717, 1.165) is 5.88 Å². The summed E-state index contributed by atoms with van der Waals surface area (Å²) in [6, 6.07) is 0. The minimum absolute atomic E-state index is 0. The van der Waals surface area contributed by atoms with E-state index in [2.05, 4.69) is 19.9 Å². The average molecular weight is 334 g/mol. The minimum atomic E-state index is 0. The van der Waals surface area contributed by atoms with Crippen molar-refractivity contribution in [1.82, 2.24) is 0 Å². The predicted octanol–water partition coefficient (Wildman–Crippen LogP) is 3.13. The third-order valence-corrected chi connectivity index (χ3v) is 0. The first kappa shape index (κ1) is 31.5. The molecule has 0 aromatic rings. The number of alkyl halides is 1. The van der Waals surface area contributed by atoms with E-state index in [0.29, 0.717) is 0 Å². The van der Waals surface area contributed by atoms with Crippen molar-refractivity contribution in [2.45, 2.75) is 20.8 Å². The van der Waals surface area contributed by atoms with E-state index in [1.165, 1.54) is 0 Å². The van der Waals surface area contributed by atoms with E-state index >= 15 is 0 Å². The van der Waals surface area contributed by atoms with E-state index in [-0.39, 0.29) is 21.1 Å². The van der Waals surface area contributed by atoms with Crippen molar-refractivity contribution in [3.63, 3.8) is 0 Å². The standard InChI is InChI=1S/C2H5Cl.C2H6.C2H3.CH2N.W/c1-2-3;3*1-2;/h2H2,1H3;1-2H3;1H,2H2;1H2;/q;;2*-1;+2. The van der Waals surface area contributed by atoms with Crippen molar-refractivity contribution in [2.75, 3.05) is 5.88 Å². The van der Waals surface area contributed by atoms with Crippen molar-refractivity contribution in [1.29, 1.82) is 0 Å². The van der Waals surface area contributed by atoms with Crippen LogP contribution < -0.4 is 0 Å². The van der Waals surface area contributed by atoms with E-state index in [4.69, 9.17) is 17.0 Å². The van der Waals surface area contributed by atoms with Gasteiger partial charge >= 0.3 is 21.1 Å². The maximum absolute atomic E-state index is 6.75. The summed E-state index contributed by atoms with van der Waals surface area (Å²) in [6.45, 7) is 15.1. The summed E-state index contributed by atoms with van der Waals surface area (Å²) in [5, 5.41) is 6.75. The quantitative estimate of drug-likeness (QED) is 0.369.